The second kappa shape index (κ2) is 11.3. The largest absolute Gasteiger partial charge is 0.495 e. The topological polar surface area (TPSA) is 71.0 Å². The molecule has 2 rings (SSSR count). The Labute approximate surface area is 164 Å². The Morgan fingerprint density at radius 1 is 1.18 bits per heavy atom. The molecule has 2 aromatic rings. The summed E-state index contributed by atoms with van der Waals surface area (Å²) in [4.78, 5) is 14.2. The van der Waals surface area contributed by atoms with E-state index in [1.807, 2.05) is 24.0 Å². The van der Waals surface area contributed by atoms with Gasteiger partial charge in [-0.3, -0.25) is 9.69 Å². The minimum Gasteiger partial charge on any atom is -0.495 e. The lowest BCUT2D eigenvalue weighted by molar-refractivity contribution is -0.117. The molecule has 0 saturated carbocycles. The molecule has 7 heteroatoms. The summed E-state index contributed by atoms with van der Waals surface area (Å²) in [5, 5.41) is 13.1. The fourth-order valence-corrected chi connectivity index (χ4v) is 2.79. The van der Waals surface area contributed by atoms with Gasteiger partial charge in [-0.05, 0) is 37.2 Å². The van der Waals surface area contributed by atoms with Crippen molar-refractivity contribution in [2.75, 3.05) is 38.7 Å². The zero-order valence-corrected chi connectivity index (χ0v) is 16.2. The fraction of sp³-hybridized carbons (Fsp3) is 0.381. The molecule has 0 spiro atoms. The maximum Gasteiger partial charge on any atom is 0.238 e. The number of carbonyl (C=O) groups excluding carboxylic acids is 1. The highest BCUT2D eigenvalue weighted by Crippen LogP contribution is 2.22. The molecule has 0 fully saturated rings. The van der Waals surface area contributed by atoms with Gasteiger partial charge in [0.2, 0.25) is 5.91 Å². The first-order valence-corrected chi connectivity index (χ1v) is 9.24. The van der Waals surface area contributed by atoms with E-state index in [1.54, 1.807) is 31.4 Å². The molecule has 1 amide bonds. The number of aliphatic hydroxyl groups excluding tert-OH is 1. The van der Waals surface area contributed by atoms with Crippen LogP contribution >= 0.6 is 0 Å². The Balaban J connectivity index is 1.87. The third-order valence-corrected chi connectivity index (χ3v) is 4.02. The summed E-state index contributed by atoms with van der Waals surface area (Å²) in [5.74, 6) is -0.00908. The average Bonchev–Trinajstić information content (AvgIpc) is 2.68. The van der Waals surface area contributed by atoms with Crippen LogP contribution in [0.5, 0.6) is 11.5 Å². The summed E-state index contributed by atoms with van der Waals surface area (Å²) in [7, 11) is 1.54. The highest BCUT2D eigenvalue weighted by Gasteiger charge is 2.17. The monoisotopic (exact) mass is 390 g/mol. The van der Waals surface area contributed by atoms with Crippen molar-refractivity contribution in [1.82, 2.24) is 4.90 Å². The molecule has 0 aliphatic rings. The van der Waals surface area contributed by atoms with E-state index in [-0.39, 0.29) is 31.4 Å². The predicted octanol–water partition coefficient (Wildman–Crippen LogP) is 2.92. The van der Waals surface area contributed by atoms with E-state index in [2.05, 4.69) is 5.32 Å². The van der Waals surface area contributed by atoms with Crippen LogP contribution in [0.25, 0.3) is 0 Å². The van der Waals surface area contributed by atoms with Gasteiger partial charge >= 0.3 is 0 Å². The number of aliphatic hydroxyl groups is 1. The Morgan fingerprint density at radius 2 is 1.86 bits per heavy atom. The first-order chi connectivity index (χ1) is 13.5. The van der Waals surface area contributed by atoms with E-state index in [1.165, 1.54) is 12.1 Å². The van der Waals surface area contributed by atoms with Crippen LogP contribution < -0.4 is 14.8 Å². The predicted molar refractivity (Wildman–Crippen MR) is 106 cm³/mol. The standard InChI is InChI=1S/C21H27FN2O4/c1-3-12-24(13-16(25)15-28-19-10-6-4-8-17(19)22)14-21(26)23-18-9-5-7-11-20(18)27-2/h4-11,16,25H,3,12-15H2,1-2H3,(H,23,26). The summed E-state index contributed by atoms with van der Waals surface area (Å²) in [5.41, 5.74) is 0.592. The average molecular weight is 390 g/mol. The number of halogens is 1. The molecular weight excluding hydrogens is 363 g/mol. The number of methoxy groups -OCH3 is 1. The van der Waals surface area contributed by atoms with Crippen molar-refractivity contribution in [3.05, 3.63) is 54.3 Å². The molecule has 28 heavy (non-hydrogen) atoms. The van der Waals surface area contributed by atoms with Crippen molar-refractivity contribution < 1.29 is 23.8 Å². The molecule has 0 saturated heterocycles. The summed E-state index contributed by atoms with van der Waals surface area (Å²) in [6.45, 7) is 2.92. The van der Waals surface area contributed by atoms with Crippen molar-refractivity contribution in [1.29, 1.82) is 0 Å². The molecule has 0 radical (unpaired) electrons. The number of hydrogen-bond donors (Lipinski definition) is 2. The highest BCUT2D eigenvalue weighted by atomic mass is 19.1. The van der Waals surface area contributed by atoms with Gasteiger partial charge in [-0.15, -0.1) is 0 Å². The molecule has 2 N–H and O–H groups in total. The number of amides is 1. The number of benzene rings is 2. The molecular formula is C21H27FN2O4. The number of carbonyl (C=O) groups is 1. The van der Waals surface area contributed by atoms with Crippen molar-refractivity contribution in [2.45, 2.75) is 19.4 Å². The second-order valence-corrected chi connectivity index (χ2v) is 6.38. The van der Waals surface area contributed by atoms with Crippen molar-refractivity contribution >= 4 is 11.6 Å². The molecule has 1 atom stereocenters. The number of rotatable bonds is 11. The Bertz CT molecular complexity index is 757. The minimum atomic E-state index is -0.856. The third kappa shape index (κ3) is 6.83. The van der Waals surface area contributed by atoms with E-state index < -0.39 is 11.9 Å². The van der Waals surface area contributed by atoms with Gasteiger partial charge < -0.3 is 19.9 Å². The van der Waals surface area contributed by atoms with E-state index in [4.69, 9.17) is 9.47 Å². The fourth-order valence-electron chi connectivity index (χ4n) is 2.79. The van der Waals surface area contributed by atoms with Crippen LogP contribution in [0.1, 0.15) is 13.3 Å². The second-order valence-electron chi connectivity index (χ2n) is 6.38. The van der Waals surface area contributed by atoms with Gasteiger partial charge in [-0.25, -0.2) is 4.39 Å². The molecule has 0 aliphatic carbocycles. The number of hydrogen-bond acceptors (Lipinski definition) is 5. The lowest BCUT2D eigenvalue weighted by Gasteiger charge is -2.24. The van der Waals surface area contributed by atoms with Gasteiger partial charge in [0.15, 0.2) is 11.6 Å². The first-order valence-electron chi connectivity index (χ1n) is 9.24. The summed E-state index contributed by atoms with van der Waals surface area (Å²) in [6, 6.07) is 13.2. The maximum absolute atomic E-state index is 13.6. The summed E-state index contributed by atoms with van der Waals surface area (Å²) in [6.07, 6.45) is -0.0340. The van der Waals surface area contributed by atoms with Gasteiger partial charge in [0.1, 0.15) is 18.5 Å². The molecule has 6 nitrogen and oxygen atoms in total. The summed E-state index contributed by atoms with van der Waals surface area (Å²) < 4.78 is 24.2. The van der Waals surface area contributed by atoms with Crippen molar-refractivity contribution in [2.24, 2.45) is 0 Å². The number of nitrogens with one attached hydrogen (secondary N) is 1. The van der Waals surface area contributed by atoms with Gasteiger partial charge in [0.05, 0.1) is 19.3 Å². The van der Waals surface area contributed by atoms with E-state index in [0.717, 1.165) is 6.42 Å². The molecule has 0 heterocycles. The van der Waals surface area contributed by atoms with Gasteiger partial charge in [0.25, 0.3) is 0 Å². The normalized spacial score (nSPS) is 11.9. The number of para-hydroxylation sites is 3. The van der Waals surface area contributed by atoms with E-state index in [9.17, 15) is 14.3 Å². The zero-order valence-electron chi connectivity index (χ0n) is 16.2. The van der Waals surface area contributed by atoms with Crippen LogP contribution in [0.2, 0.25) is 0 Å². The van der Waals surface area contributed by atoms with E-state index >= 15 is 0 Å². The minimum absolute atomic E-state index is 0.0602. The van der Waals surface area contributed by atoms with Crippen LogP contribution in [-0.4, -0.2) is 55.4 Å². The van der Waals surface area contributed by atoms with Crippen molar-refractivity contribution in [3.8, 4) is 11.5 Å². The lowest BCUT2D eigenvalue weighted by atomic mass is 10.2. The van der Waals surface area contributed by atoms with E-state index in [0.29, 0.717) is 18.0 Å². The van der Waals surface area contributed by atoms with Crippen LogP contribution in [-0.2, 0) is 4.79 Å². The Kier molecular flexibility index (Phi) is 8.71. The maximum atomic E-state index is 13.6. The van der Waals surface area contributed by atoms with Gasteiger partial charge in [0, 0.05) is 6.54 Å². The van der Waals surface area contributed by atoms with Gasteiger partial charge in [-0.2, -0.15) is 0 Å². The highest BCUT2D eigenvalue weighted by molar-refractivity contribution is 5.93. The van der Waals surface area contributed by atoms with Crippen LogP contribution in [0.3, 0.4) is 0 Å². The quantitative estimate of drug-likeness (QED) is 0.617. The third-order valence-electron chi connectivity index (χ3n) is 4.02. The zero-order chi connectivity index (χ0) is 20.4. The molecule has 2 aromatic carbocycles. The molecule has 1 unspecified atom stereocenters. The SMILES string of the molecule is CCCN(CC(=O)Nc1ccccc1OC)CC(O)COc1ccccc1F. The van der Waals surface area contributed by atoms with Crippen LogP contribution in [0.4, 0.5) is 10.1 Å². The Hall–Kier alpha value is -2.64. The van der Waals surface area contributed by atoms with Gasteiger partial charge in [-0.1, -0.05) is 31.2 Å². The Morgan fingerprint density at radius 3 is 2.54 bits per heavy atom. The summed E-state index contributed by atoms with van der Waals surface area (Å²) >= 11 is 0. The molecule has 0 bridgehead atoms. The molecule has 0 aromatic heterocycles. The smallest absolute Gasteiger partial charge is 0.238 e. The first kappa shape index (κ1) is 21.7. The molecule has 0 aliphatic heterocycles. The lowest BCUT2D eigenvalue weighted by Crippen LogP contribution is -2.40. The molecule has 152 valence electrons. The number of ether oxygens (including phenoxy) is 2. The van der Waals surface area contributed by atoms with Crippen molar-refractivity contribution in [3.63, 3.8) is 0 Å². The van der Waals surface area contributed by atoms with Crippen LogP contribution in [0.15, 0.2) is 48.5 Å². The number of anilines is 1. The number of nitrogens with zero attached hydrogens (tertiary/aromatic N) is 1. The van der Waals surface area contributed by atoms with Crippen LogP contribution in [0, 0.1) is 5.82 Å².